The maximum Gasteiger partial charge on any atom is 0.332 e. The molecular formula is C18H28O6. The van der Waals surface area contributed by atoms with Crippen LogP contribution in [0.3, 0.4) is 0 Å². The normalized spacial score (nSPS) is 10.7. The summed E-state index contributed by atoms with van der Waals surface area (Å²) in [6.45, 7) is 5.91. The van der Waals surface area contributed by atoms with Crippen LogP contribution in [-0.2, 0) is 35.1 Å². The lowest BCUT2D eigenvalue weighted by Gasteiger charge is -2.07. The molecule has 0 unspecified atom stereocenters. The Hall–Kier alpha value is -1.47. The molecule has 0 saturated heterocycles. The summed E-state index contributed by atoms with van der Waals surface area (Å²) < 4.78 is 26.2. The van der Waals surface area contributed by atoms with E-state index in [0.717, 1.165) is 6.42 Å². The first-order valence-electron chi connectivity index (χ1n) is 8.33. The number of carbonyl (C=O) groups is 1. The van der Waals surface area contributed by atoms with E-state index in [4.69, 9.17) is 23.7 Å². The van der Waals surface area contributed by atoms with Crippen LogP contribution in [-0.4, -0.2) is 58.8 Å². The van der Waals surface area contributed by atoms with E-state index in [1.807, 2.05) is 30.3 Å². The maximum absolute atomic E-state index is 11.0. The molecule has 24 heavy (non-hydrogen) atoms. The number of ether oxygens (including phenoxy) is 5. The van der Waals surface area contributed by atoms with Gasteiger partial charge in [0.2, 0.25) is 0 Å². The third-order valence-electron chi connectivity index (χ3n) is 2.96. The minimum absolute atomic E-state index is 0.0311. The van der Waals surface area contributed by atoms with Crippen molar-refractivity contribution in [2.45, 2.75) is 20.0 Å². The van der Waals surface area contributed by atoms with E-state index in [-0.39, 0.29) is 12.6 Å². The lowest BCUT2D eigenvalue weighted by atomic mass is 10.2. The van der Waals surface area contributed by atoms with Crippen LogP contribution in [0.25, 0.3) is 0 Å². The molecule has 0 aliphatic rings. The third-order valence-corrected chi connectivity index (χ3v) is 2.96. The van der Waals surface area contributed by atoms with Crippen LogP contribution >= 0.6 is 0 Å². The molecule has 0 atom stereocenters. The number of hydrogen-bond acceptors (Lipinski definition) is 6. The van der Waals surface area contributed by atoms with Gasteiger partial charge in [0.05, 0.1) is 39.6 Å². The smallest absolute Gasteiger partial charge is 0.332 e. The Morgan fingerprint density at radius 1 is 0.833 bits per heavy atom. The van der Waals surface area contributed by atoms with Crippen LogP contribution < -0.4 is 0 Å². The Morgan fingerprint density at radius 2 is 1.46 bits per heavy atom. The van der Waals surface area contributed by atoms with Gasteiger partial charge in [-0.05, 0) is 18.9 Å². The number of benzene rings is 1. The second-order valence-electron chi connectivity index (χ2n) is 4.97. The Morgan fingerprint density at radius 3 is 2.17 bits per heavy atom. The van der Waals surface area contributed by atoms with Gasteiger partial charge >= 0.3 is 5.97 Å². The van der Waals surface area contributed by atoms with Crippen molar-refractivity contribution >= 4 is 5.97 Å². The summed E-state index contributed by atoms with van der Waals surface area (Å²) >= 11 is 0. The predicted molar refractivity (Wildman–Crippen MR) is 89.8 cm³/mol. The summed E-state index contributed by atoms with van der Waals surface area (Å²) in [6, 6.07) is 10.1. The van der Waals surface area contributed by atoms with Crippen molar-refractivity contribution in [1.82, 2.24) is 0 Å². The van der Waals surface area contributed by atoms with Gasteiger partial charge in [-0.3, -0.25) is 0 Å². The van der Waals surface area contributed by atoms with Crippen molar-refractivity contribution < 1.29 is 28.5 Å². The largest absolute Gasteiger partial charge is 0.464 e. The van der Waals surface area contributed by atoms with Gasteiger partial charge in [-0.25, -0.2) is 4.79 Å². The SMILES string of the molecule is CCOC(=O)COCCOCCOCCCOCc1ccccc1. The maximum atomic E-state index is 11.0. The molecule has 1 aromatic rings. The van der Waals surface area contributed by atoms with Crippen molar-refractivity contribution in [3.05, 3.63) is 35.9 Å². The molecule has 1 rings (SSSR count). The fourth-order valence-electron chi connectivity index (χ4n) is 1.83. The highest BCUT2D eigenvalue weighted by atomic mass is 16.6. The highest BCUT2D eigenvalue weighted by Crippen LogP contribution is 2.00. The van der Waals surface area contributed by atoms with Crippen LogP contribution in [0.5, 0.6) is 0 Å². The Labute approximate surface area is 144 Å². The Bertz CT molecular complexity index is 409. The minimum Gasteiger partial charge on any atom is -0.464 e. The molecule has 1 aromatic carbocycles. The molecule has 0 heterocycles. The van der Waals surface area contributed by atoms with Gasteiger partial charge < -0.3 is 23.7 Å². The van der Waals surface area contributed by atoms with Crippen LogP contribution in [0.2, 0.25) is 0 Å². The number of rotatable bonds is 15. The molecule has 136 valence electrons. The van der Waals surface area contributed by atoms with Crippen molar-refractivity contribution in [3.63, 3.8) is 0 Å². The summed E-state index contributed by atoms with van der Waals surface area (Å²) in [5.41, 5.74) is 1.18. The summed E-state index contributed by atoms with van der Waals surface area (Å²) in [6.07, 6.45) is 0.857. The zero-order valence-electron chi connectivity index (χ0n) is 14.4. The predicted octanol–water partition coefficient (Wildman–Crippen LogP) is 2.21. The van der Waals surface area contributed by atoms with Crippen molar-refractivity contribution in [2.24, 2.45) is 0 Å². The molecule has 0 bridgehead atoms. The molecule has 0 aliphatic carbocycles. The second kappa shape index (κ2) is 15.1. The van der Waals surface area contributed by atoms with Crippen molar-refractivity contribution in [1.29, 1.82) is 0 Å². The molecule has 0 radical (unpaired) electrons. The molecule has 6 heteroatoms. The van der Waals surface area contributed by atoms with E-state index in [1.165, 1.54) is 5.56 Å². The van der Waals surface area contributed by atoms with Gasteiger partial charge in [0.25, 0.3) is 0 Å². The zero-order valence-corrected chi connectivity index (χ0v) is 14.4. The number of carbonyl (C=O) groups excluding carboxylic acids is 1. The molecule has 0 N–H and O–H groups in total. The summed E-state index contributed by atoms with van der Waals surface area (Å²) in [5.74, 6) is -0.352. The lowest BCUT2D eigenvalue weighted by molar-refractivity contribution is -0.149. The number of esters is 1. The Kier molecular flexibility index (Phi) is 12.9. The van der Waals surface area contributed by atoms with E-state index in [0.29, 0.717) is 52.9 Å². The lowest BCUT2D eigenvalue weighted by Crippen LogP contribution is -2.16. The zero-order chi connectivity index (χ0) is 17.3. The van der Waals surface area contributed by atoms with Gasteiger partial charge in [-0.1, -0.05) is 30.3 Å². The van der Waals surface area contributed by atoms with Gasteiger partial charge in [0.1, 0.15) is 6.61 Å². The molecule has 0 aliphatic heterocycles. The summed E-state index contributed by atoms with van der Waals surface area (Å²) in [5, 5.41) is 0. The molecule has 0 fully saturated rings. The van der Waals surface area contributed by atoms with E-state index in [9.17, 15) is 4.79 Å². The summed E-state index contributed by atoms with van der Waals surface area (Å²) in [4.78, 5) is 11.0. The quantitative estimate of drug-likeness (QED) is 0.360. The van der Waals surface area contributed by atoms with E-state index in [1.54, 1.807) is 6.92 Å². The second-order valence-corrected chi connectivity index (χ2v) is 4.97. The van der Waals surface area contributed by atoms with Crippen LogP contribution in [0.1, 0.15) is 18.9 Å². The standard InChI is InChI=1S/C18H28O6/c1-2-24-18(19)16-23-14-13-21-12-11-20-9-6-10-22-15-17-7-4-3-5-8-17/h3-5,7-8H,2,6,9-16H2,1H3. The molecule has 0 amide bonds. The number of hydrogen-bond donors (Lipinski definition) is 0. The highest BCUT2D eigenvalue weighted by molar-refractivity contribution is 5.70. The molecular weight excluding hydrogens is 312 g/mol. The van der Waals surface area contributed by atoms with E-state index >= 15 is 0 Å². The van der Waals surface area contributed by atoms with Gasteiger partial charge in [0, 0.05) is 13.2 Å². The fourth-order valence-corrected chi connectivity index (χ4v) is 1.83. The van der Waals surface area contributed by atoms with E-state index < -0.39 is 0 Å². The molecule has 0 aromatic heterocycles. The molecule has 6 nitrogen and oxygen atoms in total. The van der Waals surface area contributed by atoms with Crippen molar-refractivity contribution in [2.75, 3.05) is 52.9 Å². The van der Waals surface area contributed by atoms with Crippen molar-refractivity contribution in [3.8, 4) is 0 Å². The summed E-state index contributed by atoms with van der Waals surface area (Å²) in [7, 11) is 0. The Balaban J connectivity index is 1.75. The first-order valence-corrected chi connectivity index (χ1v) is 8.33. The van der Waals surface area contributed by atoms with Crippen LogP contribution in [0.15, 0.2) is 30.3 Å². The van der Waals surface area contributed by atoms with Gasteiger partial charge in [-0.2, -0.15) is 0 Å². The highest BCUT2D eigenvalue weighted by Gasteiger charge is 2.00. The third kappa shape index (κ3) is 12.0. The molecule has 0 spiro atoms. The first-order chi connectivity index (χ1) is 11.8. The monoisotopic (exact) mass is 340 g/mol. The molecule has 0 saturated carbocycles. The average Bonchev–Trinajstić information content (AvgIpc) is 2.60. The minimum atomic E-state index is -0.352. The van der Waals surface area contributed by atoms with E-state index in [2.05, 4.69) is 0 Å². The first kappa shape index (κ1) is 20.6. The van der Waals surface area contributed by atoms with Crippen LogP contribution in [0.4, 0.5) is 0 Å². The van der Waals surface area contributed by atoms with Gasteiger partial charge in [-0.15, -0.1) is 0 Å². The fraction of sp³-hybridized carbons (Fsp3) is 0.611. The van der Waals surface area contributed by atoms with Gasteiger partial charge in [0.15, 0.2) is 0 Å². The average molecular weight is 340 g/mol. The van der Waals surface area contributed by atoms with Crippen LogP contribution in [0, 0.1) is 0 Å². The topological polar surface area (TPSA) is 63.2 Å².